The van der Waals surface area contributed by atoms with Crippen LogP contribution in [0.1, 0.15) is 110 Å². The molecule has 3 heteroatoms. The molecule has 0 nitrogen and oxygen atoms in total. The molecule has 0 amide bonds. The molecular formula is C18H37Cl2Cr. The quantitative estimate of drug-likeness (QED) is 0.356. The zero-order valence-corrected chi connectivity index (χ0v) is 17.0. The van der Waals surface area contributed by atoms with Gasteiger partial charge in [0.15, 0.2) is 0 Å². The van der Waals surface area contributed by atoms with Crippen molar-refractivity contribution in [2.75, 3.05) is 0 Å². The molecule has 0 aliphatic carbocycles. The molecule has 0 aliphatic heterocycles. The zero-order valence-electron chi connectivity index (χ0n) is 14.2. The largest absolute Gasteiger partial charge is 1.00 e. The fourth-order valence-corrected chi connectivity index (χ4v) is 2.97. The van der Waals surface area contributed by atoms with Crippen molar-refractivity contribution in [1.29, 1.82) is 0 Å². The minimum atomic E-state index is 0. The normalized spacial score (nSPS) is 9.90. The molecule has 0 N–H and O–H groups in total. The van der Waals surface area contributed by atoms with Crippen LogP contribution in [-0.2, 0) is 16.3 Å². The van der Waals surface area contributed by atoms with Gasteiger partial charge in [0.2, 0.25) is 0 Å². The molecular weight excluding hydrogens is 339 g/mol. The van der Waals surface area contributed by atoms with Crippen LogP contribution in [0, 0.1) is 0 Å². The molecule has 0 aromatic heterocycles. The molecule has 0 aromatic rings. The summed E-state index contributed by atoms with van der Waals surface area (Å²) in [5.74, 6) is 0. The van der Waals surface area contributed by atoms with E-state index in [4.69, 9.17) is 0 Å². The maximum atomic E-state index is 3.09. The SMILES string of the molecule is CCCCCCCCCCCCCCCCC[CH2][Cr+2].[Cl-].[Cl-]. The molecule has 0 rings (SSSR count). The minimum absolute atomic E-state index is 0. The van der Waals surface area contributed by atoms with E-state index < -0.39 is 0 Å². The fourth-order valence-electron chi connectivity index (χ4n) is 2.65. The van der Waals surface area contributed by atoms with E-state index in [0.717, 1.165) is 0 Å². The number of hydrogen-bond acceptors (Lipinski definition) is 0. The Balaban J connectivity index is -0.00000162. The Morgan fingerprint density at radius 1 is 0.429 bits per heavy atom. The maximum absolute atomic E-state index is 3.09. The summed E-state index contributed by atoms with van der Waals surface area (Å²) in [5.41, 5.74) is 0. The molecule has 0 heterocycles. The predicted octanol–water partition coefficient (Wildman–Crippen LogP) is 1.22. The predicted molar refractivity (Wildman–Crippen MR) is 84.4 cm³/mol. The van der Waals surface area contributed by atoms with Crippen molar-refractivity contribution in [3.8, 4) is 0 Å². The van der Waals surface area contributed by atoms with Crippen LogP contribution < -0.4 is 24.8 Å². The van der Waals surface area contributed by atoms with Crippen LogP contribution in [0.5, 0.6) is 0 Å². The summed E-state index contributed by atoms with van der Waals surface area (Å²) in [6.07, 6.45) is 23.4. The van der Waals surface area contributed by atoms with Crippen LogP contribution in [0.15, 0.2) is 0 Å². The molecule has 0 saturated carbocycles. The molecule has 0 saturated heterocycles. The molecule has 0 bridgehead atoms. The van der Waals surface area contributed by atoms with Crippen molar-refractivity contribution in [1.82, 2.24) is 0 Å². The molecule has 129 valence electrons. The van der Waals surface area contributed by atoms with Gasteiger partial charge in [-0.05, 0) is 0 Å². The van der Waals surface area contributed by atoms with Crippen molar-refractivity contribution in [3.63, 3.8) is 0 Å². The fraction of sp³-hybridized carbons (Fsp3) is 1.00. The number of hydrogen-bond donors (Lipinski definition) is 0. The second kappa shape index (κ2) is 26.0. The maximum Gasteiger partial charge on any atom is -1.00 e. The van der Waals surface area contributed by atoms with Crippen molar-refractivity contribution < 1.29 is 41.1 Å². The van der Waals surface area contributed by atoms with Crippen molar-refractivity contribution in [2.24, 2.45) is 0 Å². The zero-order chi connectivity index (χ0) is 14.0. The Kier molecular flexibility index (Phi) is 33.4. The third-order valence-electron chi connectivity index (χ3n) is 4.00. The molecule has 21 heavy (non-hydrogen) atoms. The summed E-state index contributed by atoms with van der Waals surface area (Å²) >= 11 is 3.09. The van der Waals surface area contributed by atoms with Gasteiger partial charge in [-0.15, -0.1) is 0 Å². The number of unbranched alkanes of at least 4 members (excludes halogenated alkanes) is 15. The topological polar surface area (TPSA) is 0 Å². The first kappa shape index (κ1) is 27.0. The molecule has 0 spiro atoms. The molecule has 0 fully saturated rings. The van der Waals surface area contributed by atoms with E-state index >= 15 is 0 Å². The van der Waals surface area contributed by atoms with Crippen LogP contribution >= 0.6 is 0 Å². The summed E-state index contributed by atoms with van der Waals surface area (Å²) in [5, 5.41) is 1.25. The van der Waals surface area contributed by atoms with E-state index in [1.807, 2.05) is 0 Å². The Morgan fingerprint density at radius 3 is 0.905 bits per heavy atom. The second-order valence-corrected chi connectivity index (χ2v) is 6.64. The van der Waals surface area contributed by atoms with E-state index in [1.165, 1.54) is 108 Å². The van der Waals surface area contributed by atoms with E-state index in [9.17, 15) is 0 Å². The average molecular weight is 376 g/mol. The molecule has 0 unspecified atom stereocenters. The van der Waals surface area contributed by atoms with E-state index in [-0.39, 0.29) is 24.8 Å². The molecule has 0 aromatic carbocycles. The van der Waals surface area contributed by atoms with E-state index in [1.54, 1.807) is 0 Å². The third-order valence-corrected chi connectivity index (χ3v) is 4.45. The first-order chi connectivity index (χ1) is 9.41. The van der Waals surface area contributed by atoms with Gasteiger partial charge in [0.05, 0.1) is 0 Å². The minimum Gasteiger partial charge on any atom is -1.00 e. The van der Waals surface area contributed by atoms with Gasteiger partial charge < -0.3 is 24.8 Å². The Hall–Kier alpha value is 1.11. The standard InChI is InChI=1S/C18H37.2ClH.Cr/c1-3-5-7-9-11-13-15-17-18-16-14-12-10-8-6-4-2;;;/h1,3-18H2,2H3;2*1H;/q;;;+2/p-2. The molecule has 0 atom stereocenters. The van der Waals surface area contributed by atoms with Gasteiger partial charge in [-0.2, -0.15) is 0 Å². The summed E-state index contributed by atoms with van der Waals surface area (Å²) in [7, 11) is 0. The molecule has 0 aliphatic rings. The van der Waals surface area contributed by atoms with Crippen molar-refractivity contribution in [3.05, 3.63) is 0 Å². The monoisotopic (exact) mass is 375 g/mol. The Morgan fingerprint density at radius 2 is 0.667 bits per heavy atom. The van der Waals surface area contributed by atoms with Gasteiger partial charge >= 0.3 is 92.2 Å². The van der Waals surface area contributed by atoms with Gasteiger partial charge in [-0.3, -0.25) is 0 Å². The van der Waals surface area contributed by atoms with Gasteiger partial charge in [-0.25, -0.2) is 0 Å². The van der Waals surface area contributed by atoms with Gasteiger partial charge in [0.1, 0.15) is 0 Å². The molecule has 0 radical (unpaired) electrons. The summed E-state index contributed by atoms with van der Waals surface area (Å²) in [6.45, 7) is 2.29. The third kappa shape index (κ3) is 26.3. The van der Waals surface area contributed by atoms with Crippen LogP contribution in [-0.4, -0.2) is 0 Å². The Bertz CT molecular complexity index is 138. The second-order valence-electron chi connectivity index (χ2n) is 6.01. The average Bonchev–Trinajstić information content (AvgIpc) is 2.43. The van der Waals surface area contributed by atoms with Crippen molar-refractivity contribution >= 4 is 0 Å². The summed E-state index contributed by atoms with van der Waals surface area (Å²) in [6, 6.07) is 0. The van der Waals surface area contributed by atoms with Gasteiger partial charge in [0, 0.05) is 0 Å². The first-order valence-electron chi connectivity index (χ1n) is 9.00. The number of halogens is 2. The summed E-state index contributed by atoms with van der Waals surface area (Å²) < 4.78 is 0. The van der Waals surface area contributed by atoms with E-state index in [2.05, 4.69) is 23.2 Å². The van der Waals surface area contributed by atoms with E-state index in [0.29, 0.717) is 0 Å². The van der Waals surface area contributed by atoms with Crippen LogP contribution in [0.3, 0.4) is 0 Å². The van der Waals surface area contributed by atoms with Crippen LogP contribution in [0.25, 0.3) is 0 Å². The first-order valence-corrected chi connectivity index (χ1v) is 9.90. The summed E-state index contributed by atoms with van der Waals surface area (Å²) in [4.78, 5) is 0. The Labute approximate surface area is 155 Å². The van der Waals surface area contributed by atoms with Crippen LogP contribution in [0.2, 0.25) is 5.28 Å². The van der Waals surface area contributed by atoms with Gasteiger partial charge in [-0.1, -0.05) is 39.0 Å². The van der Waals surface area contributed by atoms with Gasteiger partial charge in [0.25, 0.3) is 0 Å². The smallest absolute Gasteiger partial charge is 1.00 e. The number of rotatable bonds is 16. The van der Waals surface area contributed by atoms with Crippen LogP contribution in [0.4, 0.5) is 0 Å². The van der Waals surface area contributed by atoms with Crippen molar-refractivity contribution in [2.45, 2.75) is 115 Å².